The number of furan rings is 1. The quantitative estimate of drug-likeness (QED) is 0.798. The Hall–Kier alpha value is -1.90. The molecule has 2 aromatic rings. The number of hydrogen-bond donors (Lipinski definition) is 2. The van der Waals surface area contributed by atoms with E-state index in [2.05, 4.69) is 10.3 Å². The van der Waals surface area contributed by atoms with Gasteiger partial charge in [0.15, 0.2) is 5.13 Å². The van der Waals surface area contributed by atoms with Gasteiger partial charge in [0.25, 0.3) is 5.91 Å². The Morgan fingerprint density at radius 3 is 2.58 bits per heavy atom. The second-order valence-electron chi connectivity index (χ2n) is 5.90. The minimum Gasteiger partial charge on any atom is -0.467 e. The van der Waals surface area contributed by atoms with Gasteiger partial charge < -0.3 is 14.9 Å². The number of anilines is 1. The highest BCUT2D eigenvalue weighted by Gasteiger charge is 2.28. The highest BCUT2D eigenvalue weighted by molar-refractivity contribution is 7.17. The maximum Gasteiger partial charge on any atom is 0.350 e. The molecular weight excluding hydrogens is 354 g/mol. The molecule has 0 aliphatic rings. The maximum atomic E-state index is 12.2. The number of esters is 1. The van der Waals surface area contributed by atoms with Gasteiger partial charge in [-0.1, -0.05) is 32.1 Å². The lowest BCUT2D eigenvalue weighted by atomic mass is 9.91. The summed E-state index contributed by atoms with van der Waals surface area (Å²) in [5.74, 6) is -0.333. The fourth-order valence-corrected chi connectivity index (χ4v) is 2.98. The molecule has 7 nitrogen and oxygen atoms in total. The second-order valence-corrected chi connectivity index (χ2v) is 6.90. The van der Waals surface area contributed by atoms with Gasteiger partial charge in [-0.3, -0.25) is 10.1 Å². The number of methoxy groups -OCH3 is 1. The first kappa shape index (κ1) is 20.1. The summed E-state index contributed by atoms with van der Waals surface area (Å²) < 4.78 is 9.92. The molecule has 2 rings (SSSR count). The fraction of sp³-hybridized carbons (Fsp3) is 0.400. The molecular formula is C15H20ClN3O4S. The Labute approximate surface area is 150 Å². The van der Waals surface area contributed by atoms with E-state index in [-0.39, 0.29) is 30.3 Å². The number of amides is 1. The molecule has 0 atom stereocenters. The summed E-state index contributed by atoms with van der Waals surface area (Å²) >= 11 is 1.08. The summed E-state index contributed by atoms with van der Waals surface area (Å²) in [6.07, 6.45) is 1.33. The van der Waals surface area contributed by atoms with Crippen LogP contribution in [0, 0.1) is 0 Å². The van der Waals surface area contributed by atoms with Crippen LogP contribution in [-0.2, 0) is 16.7 Å². The predicted octanol–water partition coefficient (Wildman–Crippen LogP) is 2.95. The predicted molar refractivity (Wildman–Crippen MR) is 94.0 cm³/mol. The average Bonchev–Trinajstić information content (AvgIpc) is 3.12. The van der Waals surface area contributed by atoms with Gasteiger partial charge in [0.2, 0.25) is 0 Å². The molecule has 0 saturated carbocycles. The van der Waals surface area contributed by atoms with Crippen LogP contribution in [0.1, 0.15) is 52.3 Å². The molecule has 0 aromatic carbocycles. The SMILES string of the molecule is COC(=O)c1sc(NC(=O)c2coc(CN)c2)nc1C(C)(C)C.Cl. The molecule has 0 radical (unpaired) electrons. The first-order valence-electron chi connectivity index (χ1n) is 6.94. The van der Waals surface area contributed by atoms with E-state index in [9.17, 15) is 9.59 Å². The molecule has 1 amide bonds. The normalized spacial score (nSPS) is 10.9. The number of rotatable bonds is 4. The lowest BCUT2D eigenvalue weighted by molar-refractivity contribution is 0.0603. The zero-order valence-corrected chi connectivity index (χ0v) is 15.5. The maximum absolute atomic E-state index is 12.2. The van der Waals surface area contributed by atoms with Crippen molar-refractivity contribution in [1.82, 2.24) is 4.98 Å². The molecule has 0 aliphatic heterocycles. The van der Waals surface area contributed by atoms with Gasteiger partial charge in [-0.2, -0.15) is 0 Å². The highest BCUT2D eigenvalue weighted by atomic mass is 35.5. The number of ether oxygens (including phenoxy) is 1. The van der Waals surface area contributed by atoms with Crippen LogP contribution in [0.25, 0.3) is 0 Å². The van der Waals surface area contributed by atoms with Gasteiger partial charge in [-0.15, -0.1) is 12.4 Å². The van der Waals surface area contributed by atoms with Crippen molar-refractivity contribution in [1.29, 1.82) is 0 Å². The van der Waals surface area contributed by atoms with Crippen molar-refractivity contribution in [3.05, 3.63) is 34.2 Å². The van der Waals surface area contributed by atoms with E-state index in [0.29, 0.717) is 27.0 Å². The molecule has 0 bridgehead atoms. The third-order valence-corrected chi connectivity index (χ3v) is 4.00. The lowest BCUT2D eigenvalue weighted by Crippen LogP contribution is -2.17. The summed E-state index contributed by atoms with van der Waals surface area (Å²) in [7, 11) is 1.31. The van der Waals surface area contributed by atoms with Crippen LogP contribution >= 0.6 is 23.7 Å². The Kier molecular flexibility index (Phi) is 6.53. The minimum atomic E-state index is -0.471. The average molecular weight is 374 g/mol. The van der Waals surface area contributed by atoms with Gasteiger partial charge in [0.05, 0.1) is 24.9 Å². The Bertz CT molecular complexity index is 733. The van der Waals surface area contributed by atoms with Crippen LogP contribution in [0.5, 0.6) is 0 Å². The van der Waals surface area contributed by atoms with Crippen LogP contribution in [0.4, 0.5) is 5.13 Å². The number of nitrogens with one attached hydrogen (secondary N) is 1. The molecule has 24 heavy (non-hydrogen) atoms. The van der Waals surface area contributed by atoms with Gasteiger partial charge in [0.1, 0.15) is 16.9 Å². The summed E-state index contributed by atoms with van der Waals surface area (Å²) in [6.45, 7) is 6.02. The Morgan fingerprint density at radius 1 is 1.42 bits per heavy atom. The van der Waals surface area contributed by atoms with Crippen LogP contribution in [0.15, 0.2) is 16.7 Å². The minimum absolute atomic E-state index is 0. The van der Waals surface area contributed by atoms with E-state index < -0.39 is 5.97 Å². The smallest absolute Gasteiger partial charge is 0.350 e. The zero-order chi connectivity index (χ0) is 17.2. The summed E-state index contributed by atoms with van der Waals surface area (Å²) in [5.41, 5.74) is 6.02. The number of nitrogens with two attached hydrogens (primary N) is 1. The largest absolute Gasteiger partial charge is 0.467 e. The van der Waals surface area contributed by atoms with E-state index in [1.807, 2.05) is 20.8 Å². The molecule has 2 aromatic heterocycles. The van der Waals surface area contributed by atoms with Gasteiger partial charge in [-0.05, 0) is 6.07 Å². The summed E-state index contributed by atoms with van der Waals surface area (Å²) in [6, 6.07) is 1.56. The van der Waals surface area contributed by atoms with Crippen molar-refractivity contribution in [2.45, 2.75) is 32.7 Å². The standard InChI is InChI=1S/C15H19N3O4S.ClH/c1-15(2,3)11-10(13(20)21-4)23-14(17-11)18-12(19)8-5-9(6-16)22-7-8;/h5,7H,6,16H2,1-4H3,(H,17,18,19);1H. The van der Waals surface area contributed by atoms with Crippen molar-refractivity contribution < 1.29 is 18.7 Å². The Morgan fingerprint density at radius 2 is 2.08 bits per heavy atom. The number of aromatic nitrogens is 1. The Balaban J connectivity index is 0.00000288. The molecule has 0 aliphatic carbocycles. The van der Waals surface area contributed by atoms with Gasteiger partial charge >= 0.3 is 5.97 Å². The van der Waals surface area contributed by atoms with Gasteiger partial charge in [0, 0.05) is 5.41 Å². The molecule has 2 heterocycles. The first-order valence-corrected chi connectivity index (χ1v) is 7.76. The van der Waals surface area contributed by atoms with E-state index in [0.717, 1.165) is 11.3 Å². The van der Waals surface area contributed by atoms with Crippen LogP contribution < -0.4 is 11.1 Å². The van der Waals surface area contributed by atoms with Crippen LogP contribution in [0.3, 0.4) is 0 Å². The first-order chi connectivity index (χ1) is 10.8. The number of hydrogen-bond acceptors (Lipinski definition) is 7. The van der Waals surface area contributed by atoms with Crippen molar-refractivity contribution in [2.75, 3.05) is 12.4 Å². The molecule has 0 saturated heterocycles. The zero-order valence-electron chi connectivity index (χ0n) is 13.8. The van der Waals surface area contributed by atoms with Crippen molar-refractivity contribution >= 4 is 40.8 Å². The van der Waals surface area contributed by atoms with E-state index in [4.69, 9.17) is 14.9 Å². The van der Waals surface area contributed by atoms with Crippen molar-refractivity contribution in [2.24, 2.45) is 5.73 Å². The number of carbonyl (C=O) groups is 2. The van der Waals surface area contributed by atoms with E-state index >= 15 is 0 Å². The molecule has 3 N–H and O–H groups in total. The number of carbonyl (C=O) groups excluding carboxylic acids is 2. The fourth-order valence-electron chi connectivity index (χ4n) is 1.89. The molecule has 9 heteroatoms. The number of thiazole rings is 1. The monoisotopic (exact) mass is 373 g/mol. The van der Waals surface area contributed by atoms with Gasteiger partial charge in [-0.25, -0.2) is 9.78 Å². The highest BCUT2D eigenvalue weighted by Crippen LogP contribution is 2.32. The molecule has 132 valence electrons. The molecule has 0 fully saturated rings. The third-order valence-electron chi connectivity index (χ3n) is 3.05. The van der Waals surface area contributed by atoms with E-state index in [1.165, 1.54) is 13.4 Å². The third kappa shape index (κ3) is 4.34. The number of nitrogens with zero attached hydrogens (tertiary/aromatic N) is 1. The van der Waals surface area contributed by atoms with Crippen LogP contribution in [-0.4, -0.2) is 24.0 Å². The topological polar surface area (TPSA) is 107 Å². The summed E-state index contributed by atoms with van der Waals surface area (Å²) in [5, 5.41) is 3.00. The van der Waals surface area contributed by atoms with Crippen LogP contribution in [0.2, 0.25) is 0 Å². The van der Waals surface area contributed by atoms with Crippen molar-refractivity contribution in [3.63, 3.8) is 0 Å². The van der Waals surface area contributed by atoms with Crippen molar-refractivity contribution in [3.8, 4) is 0 Å². The van der Waals surface area contributed by atoms with E-state index in [1.54, 1.807) is 6.07 Å². The summed E-state index contributed by atoms with van der Waals surface area (Å²) in [4.78, 5) is 28.8. The lowest BCUT2D eigenvalue weighted by Gasteiger charge is -2.16. The molecule has 0 spiro atoms. The second kappa shape index (κ2) is 7.78. The molecule has 0 unspecified atom stereocenters. The number of halogens is 1.